The van der Waals surface area contributed by atoms with E-state index in [1.165, 1.54) is 21.5 Å². The van der Waals surface area contributed by atoms with E-state index in [2.05, 4.69) is 53.5 Å². The van der Waals surface area contributed by atoms with Gasteiger partial charge in [0.05, 0.1) is 0 Å². The highest BCUT2D eigenvalue weighted by atomic mass is 16.1. The number of nitrogens with one attached hydrogen (secondary N) is 1. The molecule has 2 heteroatoms. The summed E-state index contributed by atoms with van der Waals surface area (Å²) in [4.78, 5) is 15.4. The van der Waals surface area contributed by atoms with Crippen LogP contribution in [0.25, 0.3) is 38.7 Å². The Labute approximate surface area is 127 Å². The summed E-state index contributed by atoms with van der Waals surface area (Å²) in [6.45, 7) is 0. The van der Waals surface area contributed by atoms with Crippen LogP contribution in [0.5, 0.6) is 0 Å². The van der Waals surface area contributed by atoms with Crippen molar-refractivity contribution >= 4 is 44.4 Å². The standard InChI is InChI=1S/C20H13NO/c22-14-8-5-13-7-10-18-20(16(13)11-14)19-15-4-2-1-3-12(15)6-9-17(19)21-18/h1-10,21H,11H2. The van der Waals surface area contributed by atoms with Gasteiger partial charge in [0.15, 0.2) is 5.78 Å². The zero-order valence-electron chi connectivity index (χ0n) is 11.9. The minimum Gasteiger partial charge on any atom is -0.354 e. The van der Waals surface area contributed by atoms with Gasteiger partial charge in [-0.2, -0.15) is 0 Å². The average molecular weight is 283 g/mol. The molecule has 22 heavy (non-hydrogen) atoms. The molecule has 1 heterocycles. The van der Waals surface area contributed by atoms with Crippen molar-refractivity contribution in [2.75, 3.05) is 0 Å². The largest absolute Gasteiger partial charge is 0.354 e. The van der Waals surface area contributed by atoms with Gasteiger partial charge in [-0.3, -0.25) is 4.79 Å². The molecule has 0 spiro atoms. The van der Waals surface area contributed by atoms with Crippen molar-refractivity contribution in [1.29, 1.82) is 0 Å². The summed E-state index contributed by atoms with van der Waals surface area (Å²) in [6.07, 6.45) is 4.10. The van der Waals surface area contributed by atoms with Crippen molar-refractivity contribution in [2.45, 2.75) is 6.42 Å². The third kappa shape index (κ3) is 1.47. The van der Waals surface area contributed by atoms with Crippen LogP contribution in [-0.4, -0.2) is 10.8 Å². The Bertz CT molecular complexity index is 1110. The molecule has 3 aromatic carbocycles. The van der Waals surface area contributed by atoms with Crippen LogP contribution in [0.1, 0.15) is 11.1 Å². The fraction of sp³-hybridized carbons (Fsp3) is 0.0500. The summed E-state index contributed by atoms with van der Waals surface area (Å²) in [7, 11) is 0. The Morgan fingerprint density at radius 2 is 1.64 bits per heavy atom. The molecule has 5 rings (SSSR count). The number of hydrogen-bond donors (Lipinski definition) is 1. The van der Waals surface area contributed by atoms with Gasteiger partial charge in [0, 0.05) is 28.2 Å². The van der Waals surface area contributed by atoms with Gasteiger partial charge in [0.2, 0.25) is 0 Å². The van der Waals surface area contributed by atoms with Gasteiger partial charge in [0.25, 0.3) is 0 Å². The smallest absolute Gasteiger partial charge is 0.160 e. The highest BCUT2D eigenvalue weighted by molar-refractivity contribution is 6.22. The Morgan fingerprint density at radius 1 is 0.818 bits per heavy atom. The number of ketones is 1. The molecule has 0 atom stereocenters. The average Bonchev–Trinajstić information content (AvgIpc) is 2.94. The highest BCUT2D eigenvalue weighted by Crippen LogP contribution is 2.36. The third-order valence-electron chi connectivity index (χ3n) is 4.60. The van der Waals surface area contributed by atoms with Gasteiger partial charge in [0.1, 0.15) is 0 Å². The fourth-order valence-electron chi connectivity index (χ4n) is 3.61. The minimum absolute atomic E-state index is 0.176. The van der Waals surface area contributed by atoms with Crippen LogP contribution in [0.2, 0.25) is 0 Å². The summed E-state index contributed by atoms with van der Waals surface area (Å²) in [5.41, 5.74) is 4.53. The Hall–Kier alpha value is -2.87. The number of benzene rings is 3. The number of carbonyl (C=O) groups excluding carboxylic acids is 1. The summed E-state index contributed by atoms with van der Waals surface area (Å²) in [5.74, 6) is 0.176. The number of fused-ring (bicyclic) bond motifs is 7. The molecule has 1 aliphatic rings. The van der Waals surface area contributed by atoms with E-state index in [0.29, 0.717) is 6.42 Å². The highest BCUT2D eigenvalue weighted by Gasteiger charge is 2.18. The predicted octanol–water partition coefficient (Wildman–Crippen LogP) is 4.61. The molecule has 0 saturated carbocycles. The van der Waals surface area contributed by atoms with Gasteiger partial charge in [-0.1, -0.05) is 42.5 Å². The topological polar surface area (TPSA) is 32.9 Å². The second-order valence-electron chi connectivity index (χ2n) is 5.87. The molecule has 0 radical (unpaired) electrons. The van der Waals surface area contributed by atoms with Crippen LogP contribution in [0.3, 0.4) is 0 Å². The maximum Gasteiger partial charge on any atom is 0.160 e. The molecule has 0 bridgehead atoms. The molecule has 2 nitrogen and oxygen atoms in total. The van der Waals surface area contributed by atoms with E-state index in [4.69, 9.17) is 0 Å². The number of carbonyl (C=O) groups is 1. The first-order chi connectivity index (χ1) is 10.8. The monoisotopic (exact) mass is 283 g/mol. The number of allylic oxidation sites excluding steroid dienone is 1. The van der Waals surface area contributed by atoms with E-state index < -0.39 is 0 Å². The SMILES string of the molecule is O=C1C=Cc2ccc3[nH]c4ccc5ccccc5c4c3c2C1. The van der Waals surface area contributed by atoms with E-state index in [-0.39, 0.29) is 5.78 Å². The maximum atomic E-state index is 11.9. The van der Waals surface area contributed by atoms with Crippen molar-refractivity contribution in [2.24, 2.45) is 0 Å². The van der Waals surface area contributed by atoms with Gasteiger partial charge < -0.3 is 4.98 Å². The molecule has 0 amide bonds. The van der Waals surface area contributed by atoms with Gasteiger partial charge in [-0.05, 0) is 40.1 Å². The Balaban J connectivity index is 2.06. The van der Waals surface area contributed by atoms with E-state index >= 15 is 0 Å². The van der Waals surface area contributed by atoms with E-state index in [1.807, 2.05) is 6.08 Å². The lowest BCUT2D eigenvalue weighted by Gasteiger charge is -2.11. The Kier molecular flexibility index (Phi) is 2.18. The van der Waals surface area contributed by atoms with E-state index in [0.717, 1.165) is 22.2 Å². The second-order valence-corrected chi connectivity index (χ2v) is 5.87. The molecular formula is C20H13NO. The third-order valence-corrected chi connectivity index (χ3v) is 4.60. The number of rotatable bonds is 0. The normalized spacial score (nSPS) is 14.1. The van der Waals surface area contributed by atoms with Crippen molar-refractivity contribution in [1.82, 2.24) is 4.98 Å². The van der Waals surface area contributed by atoms with Gasteiger partial charge in [-0.15, -0.1) is 0 Å². The van der Waals surface area contributed by atoms with E-state index in [9.17, 15) is 4.79 Å². The van der Waals surface area contributed by atoms with Crippen LogP contribution in [0, 0.1) is 0 Å². The van der Waals surface area contributed by atoms with Crippen molar-refractivity contribution in [3.63, 3.8) is 0 Å². The molecule has 0 saturated heterocycles. The molecule has 1 aromatic heterocycles. The summed E-state index contributed by atoms with van der Waals surface area (Å²) < 4.78 is 0. The Morgan fingerprint density at radius 3 is 2.59 bits per heavy atom. The fourth-order valence-corrected chi connectivity index (χ4v) is 3.61. The molecule has 104 valence electrons. The molecule has 4 aromatic rings. The lowest BCUT2D eigenvalue weighted by Crippen LogP contribution is -2.05. The maximum absolute atomic E-state index is 11.9. The van der Waals surface area contributed by atoms with Crippen LogP contribution in [-0.2, 0) is 11.2 Å². The van der Waals surface area contributed by atoms with Crippen molar-refractivity contribution < 1.29 is 4.79 Å². The number of aromatic nitrogens is 1. The zero-order chi connectivity index (χ0) is 14.7. The number of hydrogen-bond acceptors (Lipinski definition) is 1. The molecule has 1 aliphatic carbocycles. The summed E-state index contributed by atoms with van der Waals surface area (Å²) >= 11 is 0. The summed E-state index contributed by atoms with van der Waals surface area (Å²) in [5, 5.41) is 4.89. The van der Waals surface area contributed by atoms with Crippen LogP contribution >= 0.6 is 0 Å². The van der Waals surface area contributed by atoms with Crippen LogP contribution in [0.4, 0.5) is 0 Å². The molecular weight excluding hydrogens is 270 g/mol. The lowest BCUT2D eigenvalue weighted by molar-refractivity contribution is -0.114. The van der Waals surface area contributed by atoms with E-state index in [1.54, 1.807) is 6.08 Å². The van der Waals surface area contributed by atoms with Gasteiger partial charge in [-0.25, -0.2) is 0 Å². The summed E-state index contributed by atoms with van der Waals surface area (Å²) in [6, 6.07) is 16.9. The van der Waals surface area contributed by atoms with Crippen LogP contribution in [0.15, 0.2) is 54.6 Å². The molecule has 1 N–H and O–H groups in total. The zero-order valence-corrected chi connectivity index (χ0v) is 11.9. The quantitative estimate of drug-likeness (QED) is 0.502. The van der Waals surface area contributed by atoms with Crippen molar-refractivity contribution in [3.8, 4) is 0 Å². The number of aromatic amines is 1. The van der Waals surface area contributed by atoms with Crippen LogP contribution < -0.4 is 0 Å². The lowest BCUT2D eigenvalue weighted by atomic mass is 9.91. The van der Waals surface area contributed by atoms with Crippen molar-refractivity contribution in [3.05, 3.63) is 65.7 Å². The number of H-pyrrole nitrogens is 1. The first-order valence-electron chi connectivity index (χ1n) is 7.47. The first kappa shape index (κ1) is 11.8. The molecule has 0 fully saturated rings. The molecule has 0 unspecified atom stereocenters. The second kappa shape index (κ2) is 4.08. The first-order valence-corrected chi connectivity index (χ1v) is 7.47. The molecule has 0 aliphatic heterocycles. The predicted molar refractivity (Wildman–Crippen MR) is 91.1 cm³/mol. The van der Waals surface area contributed by atoms with Gasteiger partial charge >= 0.3 is 0 Å². The minimum atomic E-state index is 0.176.